The zero-order valence-corrected chi connectivity index (χ0v) is 53.0. The average Bonchev–Trinajstić information content (AvgIpc) is 1.34. The second-order valence-electron chi connectivity index (χ2n) is 28.9. The first-order valence-corrected chi connectivity index (χ1v) is 31.9. The summed E-state index contributed by atoms with van der Waals surface area (Å²) in [5, 5.41) is 0. The van der Waals surface area contributed by atoms with Crippen LogP contribution in [-0.4, -0.2) is 6.71 Å². The molecule has 3 heterocycles. The summed E-state index contributed by atoms with van der Waals surface area (Å²) >= 11 is 0. The van der Waals surface area contributed by atoms with Crippen molar-refractivity contribution < 1.29 is 0 Å². The van der Waals surface area contributed by atoms with Crippen LogP contribution in [0.2, 0.25) is 0 Å². The van der Waals surface area contributed by atoms with Crippen molar-refractivity contribution in [3.63, 3.8) is 0 Å². The third kappa shape index (κ3) is 8.68. The van der Waals surface area contributed by atoms with Gasteiger partial charge in [-0.05, 0) is 180 Å². The Labute approximate surface area is 523 Å². The maximum Gasteiger partial charge on any atom is 0.252 e. The largest absolute Gasteiger partial charge is 0.330 e. The summed E-state index contributed by atoms with van der Waals surface area (Å²) in [6, 6.07) is 95.7. The van der Waals surface area contributed by atoms with Crippen LogP contribution >= 0.6 is 0 Å². The number of nitrogens with zero attached hydrogens (tertiary/aromatic N) is 3. The van der Waals surface area contributed by atoms with Gasteiger partial charge in [0.2, 0.25) is 0 Å². The lowest BCUT2D eigenvalue weighted by Crippen LogP contribution is -2.61. The topological polar surface area (TPSA) is 9.72 Å². The van der Waals surface area contributed by atoms with E-state index in [1.807, 2.05) is 0 Å². The Morgan fingerprint density at radius 3 is 1.32 bits per heavy atom. The van der Waals surface area contributed by atoms with E-state index < -0.39 is 5.54 Å². The predicted octanol–water partition coefficient (Wildman–Crippen LogP) is 20.6. The lowest BCUT2D eigenvalue weighted by molar-refractivity contribution is 0.245. The minimum atomic E-state index is -0.496. The van der Waals surface area contributed by atoms with Crippen LogP contribution in [-0.2, 0) is 33.6 Å². The highest BCUT2D eigenvalue weighted by molar-refractivity contribution is 7.00. The SMILES string of the molecule is CC(C)(C)c1ccc2c(c1)B1c3ccc(-c4ccccc4)cc3N(c3ccc(C(C)(C)C)cc3-c3ccccc3)c3cc(N4c5ccc(-c6ccccc6)cc5C5(C)CCc6ccccc6C45C)cc(c31)N2c1ccc(C(C)(C)C)cc1-c1ccccc1. The minimum Gasteiger partial charge on any atom is -0.330 e. The highest BCUT2D eigenvalue weighted by atomic mass is 15.3. The lowest BCUT2D eigenvalue weighted by Gasteiger charge is -2.52. The summed E-state index contributed by atoms with van der Waals surface area (Å²) in [5.74, 6) is 0. The molecule has 15 rings (SSSR count). The Morgan fingerprint density at radius 2 is 0.784 bits per heavy atom. The average molecular weight is 1140 g/mol. The van der Waals surface area contributed by atoms with Gasteiger partial charge in [-0.15, -0.1) is 0 Å². The number of rotatable bonds is 7. The van der Waals surface area contributed by atoms with Gasteiger partial charge in [-0.25, -0.2) is 0 Å². The van der Waals surface area contributed by atoms with Gasteiger partial charge in [0.25, 0.3) is 6.71 Å². The molecule has 0 aromatic heterocycles. The van der Waals surface area contributed by atoms with Crippen LogP contribution in [0.5, 0.6) is 0 Å². The second-order valence-corrected chi connectivity index (χ2v) is 28.9. The normalized spacial score (nSPS) is 17.4. The summed E-state index contributed by atoms with van der Waals surface area (Å²) in [6.07, 6.45) is 2.03. The Bertz CT molecular complexity index is 4550. The van der Waals surface area contributed by atoms with Crippen molar-refractivity contribution >= 4 is 68.6 Å². The van der Waals surface area contributed by atoms with Crippen LogP contribution < -0.4 is 31.1 Å². The van der Waals surface area contributed by atoms with E-state index >= 15 is 0 Å². The van der Waals surface area contributed by atoms with Crippen LogP contribution in [0.15, 0.2) is 249 Å². The summed E-state index contributed by atoms with van der Waals surface area (Å²) in [6.45, 7) is 26.2. The fraction of sp³-hybridized carbons (Fsp3) is 0.214. The number of anilines is 8. The number of benzene rings is 11. The second kappa shape index (κ2) is 20.2. The standard InChI is InChI=1S/C84H78BN3/c1-80(2,3)62-38-43-72(66(50-62)57-30-20-14-21-31-57)86-75-45-40-64(82(7,8)9)52-71(75)85-70-41-36-61(56-28-18-13-19-29-56)49-76(70)87(73-44-39-63(81(4,5)6)51-67(73)58-32-22-15-23-33-58)78-54-65(53-77(86)79(78)85)88-74-42-37-60(55-26-16-12-17-27-55)48-69(74)83(10)47-46-59-34-24-25-35-68(59)84(83,88)11/h12-45,48-54H,46-47H2,1-11H3. The molecule has 88 heavy (non-hydrogen) atoms. The van der Waals surface area contributed by atoms with Gasteiger partial charge in [0, 0.05) is 50.7 Å². The summed E-state index contributed by atoms with van der Waals surface area (Å²) in [5.41, 5.74) is 30.2. The zero-order chi connectivity index (χ0) is 60.6. The maximum atomic E-state index is 2.80. The molecule has 0 saturated carbocycles. The molecular formula is C84H78BN3. The molecule has 11 aromatic rings. The van der Waals surface area contributed by atoms with E-state index in [2.05, 4.69) is 340 Å². The molecule has 11 aromatic carbocycles. The van der Waals surface area contributed by atoms with Gasteiger partial charge in [0.05, 0.1) is 16.9 Å². The van der Waals surface area contributed by atoms with E-state index in [0.29, 0.717) is 0 Å². The van der Waals surface area contributed by atoms with Gasteiger partial charge >= 0.3 is 0 Å². The molecule has 0 bridgehead atoms. The van der Waals surface area contributed by atoms with Crippen LogP contribution in [0, 0.1) is 0 Å². The van der Waals surface area contributed by atoms with E-state index in [1.54, 1.807) is 0 Å². The van der Waals surface area contributed by atoms with Crippen molar-refractivity contribution in [2.45, 2.75) is 116 Å². The fourth-order valence-corrected chi connectivity index (χ4v) is 15.5. The van der Waals surface area contributed by atoms with Crippen molar-refractivity contribution in [3.05, 3.63) is 282 Å². The van der Waals surface area contributed by atoms with Crippen molar-refractivity contribution in [2.75, 3.05) is 14.7 Å². The van der Waals surface area contributed by atoms with E-state index in [-0.39, 0.29) is 28.4 Å². The molecule has 0 saturated heterocycles. The van der Waals surface area contributed by atoms with Crippen LogP contribution in [0.3, 0.4) is 0 Å². The molecule has 0 spiro atoms. The van der Waals surface area contributed by atoms with Gasteiger partial charge in [0.15, 0.2) is 0 Å². The number of hydrogen-bond acceptors (Lipinski definition) is 3. The maximum absolute atomic E-state index is 2.80. The van der Waals surface area contributed by atoms with Crippen molar-refractivity contribution in [2.24, 2.45) is 0 Å². The van der Waals surface area contributed by atoms with Crippen molar-refractivity contribution in [1.82, 2.24) is 0 Å². The Morgan fingerprint density at radius 1 is 0.341 bits per heavy atom. The number of aryl methyl sites for hydroxylation is 1. The zero-order valence-electron chi connectivity index (χ0n) is 53.0. The number of hydrogen-bond donors (Lipinski definition) is 0. The van der Waals surface area contributed by atoms with Gasteiger partial charge in [-0.2, -0.15) is 0 Å². The van der Waals surface area contributed by atoms with Crippen LogP contribution in [0.1, 0.15) is 116 Å². The molecule has 3 aliphatic heterocycles. The molecule has 0 radical (unpaired) electrons. The molecule has 0 amide bonds. The third-order valence-electron chi connectivity index (χ3n) is 20.6. The lowest BCUT2D eigenvalue weighted by atomic mass is 9.33. The van der Waals surface area contributed by atoms with Crippen LogP contribution in [0.4, 0.5) is 45.5 Å². The Hall–Kier alpha value is -9.12. The molecule has 0 N–H and O–H groups in total. The van der Waals surface area contributed by atoms with Gasteiger partial charge in [0.1, 0.15) is 0 Å². The highest BCUT2D eigenvalue weighted by Crippen LogP contribution is 2.65. The van der Waals surface area contributed by atoms with Crippen molar-refractivity contribution in [1.29, 1.82) is 0 Å². The Balaban J connectivity index is 1.12. The van der Waals surface area contributed by atoms with E-state index in [1.165, 1.54) is 123 Å². The predicted molar refractivity (Wildman–Crippen MR) is 376 cm³/mol. The molecule has 432 valence electrons. The first kappa shape index (κ1) is 55.5. The van der Waals surface area contributed by atoms with E-state index in [9.17, 15) is 0 Å². The van der Waals surface area contributed by atoms with Gasteiger partial charge in [-0.1, -0.05) is 257 Å². The smallest absolute Gasteiger partial charge is 0.252 e. The first-order valence-electron chi connectivity index (χ1n) is 31.9. The minimum absolute atomic E-state index is 0.0859. The molecule has 3 nitrogen and oxygen atoms in total. The first-order chi connectivity index (χ1) is 42.3. The summed E-state index contributed by atoms with van der Waals surface area (Å²) < 4.78 is 0. The monoisotopic (exact) mass is 1140 g/mol. The quantitative estimate of drug-likeness (QED) is 0.147. The molecule has 4 aliphatic rings. The van der Waals surface area contributed by atoms with Gasteiger partial charge < -0.3 is 14.7 Å². The summed E-state index contributed by atoms with van der Waals surface area (Å²) in [7, 11) is 0. The Kier molecular flexibility index (Phi) is 12.7. The molecule has 4 heteroatoms. The molecule has 1 aliphatic carbocycles. The van der Waals surface area contributed by atoms with Crippen molar-refractivity contribution in [3.8, 4) is 44.5 Å². The third-order valence-corrected chi connectivity index (χ3v) is 20.6. The van der Waals surface area contributed by atoms with Crippen LogP contribution in [0.25, 0.3) is 44.5 Å². The molecule has 2 unspecified atom stereocenters. The molecular weight excluding hydrogens is 1060 g/mol. The highest BCUT2D eigenvalue weighted by Gasteiger charge is 2.60. The summed E-state index contributed by atoms with van der Waals surface area (Å²) in [4.78, 5) is 8.18. The molecule has 0 fully saturated rings. The van der Waals surface area contributed by atoms with E-state index in [0.717, 1.165) is 29.9 Å². The van der Waals surface area contributed by atoms with E-state index in [4.69, 9.17) is 0 Å². The fourth-order valence-electron chi connectivity index (χ4n) is 15.5. The molecule has 2 atom stereocenters. The number of fused-ring (bicyclic) bond motifs is 9. The van der Waals surface area contributed by atoms with Gasteiger partial charge in [-0.3, -0.25) is 0 Å².